The second kappa shape index (κ2) is 8.01. The number of carbonyl (C=O) groups is 1. The first-order valence-corrected chi connectivity index (χ1v) is 10.1. The molecule has 136 valence electrons. The van der Waals surface area contributed by atoms with Gasteiger partial charge < -0.3 is 10.1 Å². The maximum absolute atomic E-state index is 12.6. The summed E-state index contributed by atoms with van der Waals surface area (Å²) in [5, 5.41) is 5.85. The fourth-order valence-electron chi connectivity index (χ4n) is 2.54. The molecule has 2 heterocycles. The molecule has 4 nitrogen and oxygen atoms in total. The molecule has 0 saturated heterocycles. The van der Waals surface area contributed by atoms with E-state index >= 15 is 0 Å². The molecule has 3 aromatic rings. The van der Waals surface area contributed by atoms with E-state index in [2.05, 4.69) is 24.1 Å². The zero-order valence-electron chi connectivity index (χ0n) is 15.3. The molecule has 1 aromatic carbocycles. The average Bonchev–Trinajstić information content (AvgIpc) is 3.25. The van der Waals surface area contributed by atoms with Crippen molar-refractivity contribution in [3.8, 4) is 5.75 Å². The number of aromatic nitrogens is 1. The number of hydrogen-bond donors (Lipinski definition) is 1. The lowest BCUT2D eigenvalue weighted by atomic mass is 10.1. The molecule has 0 aliphatic heterocycles. The Balaban J connectivity index is 1.64. The highest BCUT2D eigenvalue weighted by atomic mass is 32.1. The van der Waals surface area contributed by atoms with E-state index in [0.29, 0.717) is 11.5 Å². The number of carbonyl (C=O) groups excluding carboxylic acids is 1. The normalized spacial score (nSPS) is 12.0. The Hall–Kier alpha value is -2.18. The molecule has 0 fully saturated rings. The molecule has 1 unspecified atom stereocenters. The third kappa shape index (κ3) is 4.31. The Kier molecular flexibility index (Phi) is 5.74. The van der Waals surface area contributed by atoms with Crippen molar-refractivity contribution in [3.63, 3.8) is 0 Å². The SMILES string of the molecule is Cc1ccc(OCc2nc(C)c(C(=O)NC(C)c3cccs3)s2)cc1C. The highest BCUT2D eigenvalue weighted by molar-refractivity contribution is 7.13. The van der Waals surface area contributed by atoms with Gasteiger partial charge in [0.05, 0.1) is 11.7 Å². The lowest BCUT2D eigenvalue weighted by Crippen LogP contribution is -2.25. The van der Waals surface area contributed by atoms with Crippen molar-refractivity contribution >= 4 is 28.6 Å². The second-order valence-electron chi connectivity index (χ2n) is 6.27. The van der Waals surface area contributed by atoms with E-state index in [-0.39, 0.29) is 11.9 Å². The number of rotatable bonds is 6. The summed E-state index contributed by atoms with van der Waals surface area (Å²) >= 11 is 3.03. The van der Waals surface area contributed by atoms with Gasteiger partial charge in [0, 0.05) is 4.88 Å². The van der Waals surface area contributed by atoms with Crippen LogP contribution in [-0.4, -0.2) is 10.9 Å². The van der Waals surface area contributed by atoms with Crippen LogP contribution >= 0.6 is 22.7 Å². The van der Waals surface area contributed by atoms with Crippen LogP contribution in [0.1, 0.15) is 49.3 Å². The van der Waals surface area contributed by atoms with E-state index in [1.165, 1.54) is 22.5 Å². The summed E-state index contributed by atoms with van der Waals surface area (Å²) in [6, 6.07) is 10.0. The van der Waals surface area contributed by atoms with Gasteiger partial charge in [-0.05, 0) is 62.4 Å². The number of nitrogens with one attached hydrogen (secondary N) is 1. The van der Waals surface area contributed by atoms with Crippen LogP contribution in [0.5, 0.6) is 5.75 Å². The van der Waals surface area contributed by atoms with Crippen LogP contribution in [0.15, 0.2) is 35.7 Å². The summed E-state index contributed by atoms with van der Waals surface area (Å²) in [4.78, 5) is 18.8. The fraction of sp³-hybridized carbons (Fsp3) is 0.300. The predicted molar refractivity (Wildman–Crippen MR) is 107 cm³/mol. The Morgan fingerprint density at radius 2 is 2.04 bits per heavy atom. The summed E-state index contributed by atoms with van der Waals surface area (Å²) in [6.07, 6.45) is 0. The first-order valence-electron chi connectivity index (χ1n) is 8.44. The van der Waals surface area contributed by atoms with Gasteiger partial charge in [0.25, 0.3) is 5.91 Å². The molecule has 0 saturated carbocycles. The van der Waals surface area contributed by atoms with Gasteiger partial charge >= 0.3 is 0 Å². The maximum atomic E-state index is 12.6. The Morgan fingerprint density at radius 3 is 2.73 bits per heavy atom. The smallest absolute Gasteiger partial charge is 0.263 e. The van der Waals surface area contributed by atoms with Crippen LogP contribution in [0.2, 0.25) is 0 Å². The third-order valence-electron chi connectivity index (χ3n) is 4.21. The fourth-order valence-corrected chi connectivity index (χ4v) is 4.16. The summed E-state index contributed by atoms with van der Waals surface area (Å²) in [6.45, 7) is 8.35. The largest absolute Gasteiger partial charge is 0.486 e. The molecule has 2 aromatic heterocycles. The van der Waals surface area contributed by atoms with Crippen LogP contribution in [0.4, 0.5) is 0 Å². The molecular formula is C20H22N2O2S2. The molecule has 3 rings (SSSR count). The first kappa shape index (κ1) is 18.6. The molecule has 26 heavy (non-hydrogen) atoms. The number of nitrogens with zero attached hydrogens (tertiary/aromatic N) is 1. The van der Waals surface area contributed by atoms with Gasteiger partial charge in [-0.15, -0.1) is 22.7 Å². The van der Waals surface area contributed by atoms with Crippen LogP contribution in [0.3, 0.4) is 0 Å². The maximum Gasteiger partial charge on any atom is 0.263 e. The minimum atomic E-state index is -0.0849. The van der Waals surface area contributed by atoms with Crippen molar-refractivity contribution in [1.29, 1.82) is 0 Å². The predicted octanol–water partition coefficient (Wildman–Crippen LogP) is 5.20. The number of thiophene rings is 1. The second-order valence-corrected chi connectivity index (χ2v) is 8.33. The van der Waals surface area contributed by atoms with Crippen molar-refractivity contribution in [2.45, 2.75) is 40.3 Å². The number of aryl methyl sites for hydroxylation is 3. The van der Waals surface area contributed by atoms with Crippen LogP contribution in [0, 0.1) is 20.8 Å². The molecule has 0 aliphatic carbocycles. The number of amides is 1. The molecule has 0 aliphatic rings. The zero-order valence-corrected chi connectivity index (χ0v) is 17.0. The van der Waals surface area contributed by atoms with Crippen LogP contribution < -0.4 is 10.1 Å². The summed E-state index contributed by atoms with van der Waals surface area (Å²) in [7, 11) is 0. The average molecular weight is 387 g/mol. The van der Waals surface area contributed by atoms with Gasteiger partial charge in [-0.3, -0.25) is 4.79 Å². The van der Waals surface area contributed by atoms with Gasteiger partial charge in [0.1, 0.15) is 22.2 Å². The number of hydrogen-bond acceptors (Lipinski definition) is 5. The van der Waals surface area contributed by atoms with Gasteiger partial charge in [0.2, 0.25) is 0 Å². The molecule has 1 N–H and O–H groups in total. The van der Waals surface area contributed by atoms with E-state index in [0.717, 1.165) is 21.3 Å². The zero-order chi connectivity index (χ0) is 18.7. The highest BCUT2D eigenvalue weighted by Gasteiger charge is 2.18. The first-order chi connectivity index (χ1) is 12.4. The molecule has 0 bridgehead atoms. The summed E-state index contributed by atoms with van der Waals surface area (Å²) in [5.41, 5.74) is 3.17. The highest BCUT2D eigenvalue weighted by Crippen LogP contribution is 2.24. The van der Waals surface area contributed by atoms with Crippen LogP contribution in [0.25, 0.3) is 0 Å². The summed E-state index contributed by atoms with van der Waals surface area (Å²) in [5.74, 6) is 0.733. The lowest BCUT2D eigenvalue weighted by Gasteiger charge is -2.11. The standard InChI is InChI=1S/C20H22N2O2S2/c1-12-7-8-16(10-13(12)2)24-11-18-21-15(4)19(26-18)20(23)22-14(3)17-6-5-9-25-17/h5-10,14H,11H2,1-4H3,(H,22,23). The van der Waals surface area contributed by atoms with E-state index in [1.807, 2.05) is 49.6 Å². The van der Waals surface area contributed by atoms with E-state index in [9.17, 15) is 4.79 Å². The minimum absolute atomic E-state index is 0.0146. The Morgan fingerprint density at radius 1 is 1.23 bits per heavy atom. The molecule has 1 amide bonds. The molecule has 0 radical (unpaired) electrons. The Bertz CT molecular complexity index is 901. The molecule has 6 heteroatoms. The molecule has 0 spiro atoms. The van der Waals surface area contributed by atoms with Gasteiger partial charge in [-0.1, -0.05) is 12.1 Å². The third-order valence-corrected chi connectivity index (χ3v) is 6.39. The van der Waals surface area contributed by atoms with Crippen molar-refractivity contribution < 1.29 is 9.53 Å². The van der Waals surface area contributed by atoms with Crippen molar-refractivity contribution in [1.82, 2.24) is 10.3 Å². The van der Waals surface area contributed by atoms with Crippen molar-refractivity contribution in [2.75, 3.05) is 0 Å². The van der Waals surface area contributed by atoms with E-state index in [4.69, 9.17) is 4.74 Å². The van der Waals surface area contributed by atoms with Gasteiger partial charge in [-0.2, -0.15) is 0 Å². The summed E-state index contributed by atoms with van der Waals surface area (Å²) < 4.78 is 5.83. The van der Waals surface area contributed by atoms with Gasteiger partial charge in [0.15, 0.2) is 0 Å². The minimum Gasteiger partial charge on any atom is -0.486 e. The monoisotopic (exact) mass is 386 g/mol. The van der Waals surface area contributed by atoms with E-state index < -0.39 is 0 Å². The lowest BCUT2D eigenvalue weighted by molar-refractivity contribution is 0.0944. The van der Waals surface area contributed by atoms with Crippen LogP contribution in [-0.2, 0) is 6.61 Å². The topological polar surface area (TPSA) is 51.2 Å². The number of benzene rings is 1. The number of thiazole rings is 1. The molecular weight excluding hydrogens is 364 g/mol. The Labute approximate surface area is 161 Å². The quantitative estimate of drug-likeness (QED) is 0.633. The van der Waals surface area contributed by atoms with Crippen molar-refractivity contribution in [2.24, 2.45) is 0 Å². The van der Waals surface area contributed by atoms with Gasteiger partial charge in [-0.25, -0.2) is 4.98 Å². The molecule has 1 atom stereocenters. The number of ether oxygens (including phenoxy) is 1. The van der Waals surface area contributed by atoms with E-state index in [1.54, 1.807) is 11.3 Å². The van der Waals surface area contributed by atoms with Crippen molar-refractivity contribution in [3.05, 3.63) is 67.3 Å².